The van der Waals surface area contributed by atoms with E-state index in [1.165, 1.54) is 32.1 Å². The van der Waals surface area contributed by atoms with Gasteiger partial charge in [-0.05, 0) is 25.5 Å². The van der Waals surface area contributed by atoms with Crippen molar-refractivity contribution >= 4 is 18.0 Å². The van der Waals surface area contributed by atoms with E-state index in [1.807, 2.05) is 0 Å². The Kier molecular flexibility index (Phi) is 7.59. The maximum absolute atomic E-state index is 11.8. The summed E-state index contributed by atoms with van der Waals surface area (Å²) >= 11 is 0. The van der Waals surface area contributed by atoms with Crippen molar-refractivity contribution in [2.75, 3.05) is 13.1 Å². The zero-order valence-corrected chi connectivity index (χ0v) is 13.7. The van der Waals surface area contributed by atoms with Gasteiger partial charge in [0.25, 0.3) is 5.96 Å². The van der Waals surface area contributed by atoms with Gasteiger partial charge < -0.3 is 5.73 Å². The second kappa shape index (κ2) is 9.99. The zero-order valence-electron chi connectivity index (χ0n) is 13.7. The third kappa shape index (κ3) is 6.02. The highest BCUT2D eigenvalue weighted by Crippen LogP contribution is 2.09. The highest BCUT2D eigenvalue weighted by molar-refractivity contribution is 6.05. The van der Waals surface area contributed by atoms with Crippen LogP contribution in [0.25, 0.3) is 0 Å². The highest BCUT2D eigenvalue weighted by Gasteiger charge is 2.36. The molecule has 7 nitrogen and oxygen atoms in total. The summed E-state index contributed by atoms with van der Waals surface area (Å²) in [7, 11) is 0. The summed E-state index contributed by atoms with van der Waals surface area (Å²) in [6.07, 6.45) is 14.8. The van der Waals surface area contributed by atoms with Crippen molar-refractivity contribution in [3.63, 3.8) is 0 Å². The fourth-order valence-corrected chi connectivity index (χ4v) is 2.59. The van der Waals surface area contributed by atoms with Gasteiger partial charge >= 0.3 is 6.04 Å². The molecule has 0 bridgehead atoms. The molecular formula is C16H27N6O+. The third-order valence-electron chi connectivity index (χ3n) is 3.91. The molecule has 0 spiro atoms. The van der Waals surface area contributed by atoms with Gasteiger partial charge in [-0.15, -0.1) is 0 Å². The number of nitrogens with one attached hydrogen (secondary N) is 1. The molecule has 0 aromatic heterocycles. The lowest BCUT2D eigenvalue weighted by atomic mass is 10.1. The zero-order chi connectivity index (χ0) is 16.3. The van der Waals surface area contributed by atoms with Gasteiger partial charge in [-0.2, -0.15) is 4.99 Å². The number of nitrogens with zero attached hydrogens (tertiary/aromatic N) is 4. The Morgan fingerprint density at radius 3 is 2.57 bits per heavy atom. The Bertz CT molecular complexity index is 509. The van der Waals surface area contributed by atoms with E-state index in [0.29, 0.717) is 18.3 Å². The Morgan fingerprint density at radius 1 is 1.13 bits per heavy atom. The molecule has 2 heterocycles. The number of unbranched alkanes of at least 4 members (excludes halogenated alkanes) is 7. The lowest BCUT2D eigenvalue weighted by Crippen LogP contribution is -2.47. The number of aliphatic imine (C=N–C) groups is 3. The smallest absolute Gasteiger partial charge is 0.312 e. The fourth-order valence-electron chi connectivity index (χ4n) is 2.59. The van der Waals surface area contributed by atoms with Crippen LogP contribution >= 0.6 is 0 Å². The van der Waals surface area contributed by atoms with Crippen molar-refractivity contribution < 1.29 is 4.87 Å². The number of hydrogen-bond acceptors (Lipinski definition) is 4. The summed E-state index contributed by atoms with van der Waals surface area (Å²) in [4.78, 5) is 25.3. The summed E-state index contributed by atoms with van der Waals surface area (Å²) in [5.74, 6) is 0.859. The topological polar surface area (TPSA) is 95.2 Å². The number of guanidine groups is 1. The first kappa shape index (κ1) is 17.5. The van der Waals surface area contributed by atoms with Crippen LogP contribution in [0.3, 0.4) is 0 Å². The highest BCUT2D eigenvalue weighted by atomic mass is 16.3. The standard InChI is InChI=1S/C16H27N6O/c17-11-7-5-3-1-2-4-6-8-12-19-16-20-15-14(22(23)21-16)10-9-13-18-15/h9-10,13-14H,1-8,11-12,17H2,(H,19,21,23)/q+1. The maximum atomic E-state index is 11.8. The van der Waals surface area contributed by atoms with Gasteiger partial charge in [-0.3, -0.25) is 0 Å². The monoisotopic (exact) mass is 319 g/mol. The van der Waals surface area contributed by atoms with Crippen molar-refractivity contribution in [1.29, 1.82) is 0 Å². The summed E-state index contributed by atoms with van der Waals surface area (Å²) in [5, 5.41) is 0. The van der Waals surface area contributed by atoms with Crippen LogP contribution in [0.1, 0.15) is 51.4 Å². The van der Waals surface area contributed by atoms with E-state index in [2.05, 4.69) is 20.4 Å². The Labute approximate surface area is 137 Å². The molecule has 0 radical (unpaired) electrons. The molecule has 0 aromatic rings. The van der Waals surface area contributed by atoms with E-state index in [4.69, 9.17) is 5.73 Å². The molecular weight excluding hydrogens is 292 g/mol. The molecule has 0 saturated carbocycles. The molecule has 23 heavy (non-hydrogen) atoms. The molecule has 2 aliphatic rings. The minimum absolute atomic E-state index is 0.362. The van der Waals surface area contributed by atoms with E-state index >= 15 is 0 Å². The number of hydrazine groups is 1. The number of dihydropyridines is 1. The van der Waals surface area contributed by atoms with Gasteiger partial charge in [0.15, 0.2) is 0 Å². The minimum Gasteiger partial charge on any atom is -0.330 e. The van der Waals surface area contributed by atoms with Crippen LogP contribution in [0, 0.1) is 4.91 Å². The molecule has 1 atom stereocenters. The second-order valence-electron chi connectivity index (χ2n) is 5.84. The minimum atomic E-state index is -0.446. The largest absolute Gasteiger partial charge is 0.330 e. The first-order valence-corrected chi connectivity index (χ1v) is 8.58. The molecule has 3 N–H and O–H groups in total. The quantitative estimate of drug-likeness (QED) is 0.477. The molecule has 0 fully saturated rings. The van der Waals surface area contributed by atoms with Gasteiger partial charge in [-0.1, -0.05) is 44.0 Å². The Morgan fingerprint density at radius 2 is 1.83 bits per heavy atom. The molecule has 7 heteroatoms. The molecule has 2 rings (SSSR count). The van der Waals surface area contributed by atoms with E-state index < -0.39 is 6.04 Å². The molecule has 0 amide bonds. The van der Waals surface area contributed by atoms with Crippen LogP contribution in [0.4, 0.5) is 0 Å². The summed E-state index contributed by atoms with van der Waals surface area (Å²) in [5.41, 5.74) is 8.12. The number of nitroso groups, excluding NO2 is 1. The van der Waals surface area contributed by atoms with Gasteiger partial charge in [0.2, 0.25) is 5.84 Å². The van der Waals surface area contributed by atoms with Crippen LogP contribution in [0.15, 0.2) is 27.1 Å². The lowest BCUT2D eigenvalue weighted by molar-refractivity contribution is -0.602. The summed E-state index contributed by atoms with van der Waals surface area (Å²) < 4.78 is 0. The van der Waals surface area contributed by atoms with Crippen molar-refractivity contribution in [3.05, 3.63) is 17.1 Å². The van der Waals surface area contributed by atoms with Crippen molar-refractivity contribution in [2.24, 2.45) is 20.7 Å². The van der Waals surface area contributed by atoms with Crippen LogP contribution < -0.4 is 11.2 Å². The number of nitrogens with two attached hydrogens (primary N) is 1. The molecule has 0 saturated heterocycles. The molecule has 1 unspecified atom stereocenters. The SMILES string of the molecule is NCCCCCCCCCCN=C1N=C2N=CC=CC2[N+](=O)N1. The van der Waals surface area contributed by atoms with Crippen molar-refractivity contribution in [2.45, 2.75) is 57.4 Å². The number of amidine groups is 1. The van der Waals surface area contributed by atoms with Crippen LogP contribution in [-0.2, 0) is 0 Å². The number of fused-ring (bicyclic) bond motifs is 1. The number of hydrogen-bond donors (Lipinski definition) is 2. The molecule has 2 aliphatic heterocycles. The predicted molar refractivity (Wildman–Crippen MR) is 93.9 cm³/mol. The van der Waals surface area contributed by atoms with Gasteiger partial charge in [0, 0.05) is 18.8 Å². The van der Waals surface area contributed by atoms with E-state index in [9.17, 15) is 4.91 Å². The Hall–Kier alpha value is -1.89. The number of rotatable bonds is 10. The lowest BCUT2D eigenvalue weighted by Gasteiger charge is -2.12. The molecule has 0 aromatic carbocycles. The van der Waals surface area contributed by atoms with Gasteiger partial charge in [0.05, 0.1) is 4.91 Å². The van der Waals surface area contributed by atoms with Crippen LogP contribution in [0.5, 0.6) is 0 Å². The summed E-state index contributed by atoms with van der Waals surface area (Å²) in [6, 6.07) is -0.446. The normalized spacial score (nSPS) is 21.3. The fraction of sp³-hybridized carbons (Fsp3) is 0.688. The maximum Gasteiger partial charge on any atom is 0.312 e. The molecule has 0 aliphatic carbocycles. The summed E-state index contributed by atoms with van der Waals surface area (Å²) in [6.45, 7) is 1.49. The first-order valence-electron chi connectivity index (χ1n) is 8.58. The second-order valence-corrected chi connectivity index (χ2v) is 5.84. The van der Waals surface area contributed by atoms with E-state index in [1.54, 1.807) is 18.4 Å². The predicted octanol–water partition coefficient (Wildman–Crippen LogP) is 2.13. The first-order chi connectivity index (χ1) is 11.3. The molecule has 126 valence electrons. The van der Waals surface area contributed by atoms with E-state index in [-0.39, 0.29) is 0 Å². The number of allylic oxidation sites excluding steroid dienone is 1. The van der Waals surface area contributed by atoms with Gasteiger partial charge in [-0.25, -0.2) is 9.98 Å². The van der Waals surface area contributed by atoms with Crippen molar-refractivity contribution in [1.82, 2.24) is 5.43 Å². The average Bonchev–Trinajstić information content (AvgIpc) is 2.57. The van der Waals surface area contributed by atoms with Crippen molar-refractivity contribution in [3.8, 4) is 0 Å². The van der Waals surface area contributed by atoms with Crippen LogP contribution in [-0.4, -0.2) is 42.0 Å². The average molecular weight is 319 g/mol. The van der Waals surface area contributed by atoms with Crippen LogP contribution in [0.2, 0.25) is 0 Å². The van der Waals surface area contributed by atoms with E-state index in [0.717, 1.165) is 30.7 Å². The Balaban J connectivity index is 1.60. The van der Waals surface area contributed by atoms with Gasteiger partial charge in [0.1, 0.15) is 4.87 Å². The third-order valence-corrected chi connectivity index (χ3v) is 3.91.